The van der Waals surface area contributed by atoms with Gasteiger partial charge in [-0.1, -0.05) is 6.08 Å². The van der Waals surface area contributed by atoms with Crippen LogP contribution in [0, 0.1) is 0 Å². The highest BCUT2D eigenvalue weighted by molar-refractivity contribution is 7.87. The van der Waals surface area contributed by atoms with Crippen LogP contribution in [0.2, 0.25) is 0 Å². The summed E-state index contributed by atoms with van der Waals surface area (Å²) < 4.78 is 32.5. The van der Waals surface area contributed by atoms with E-state index in [1.165, 1.54) is 24.3 Å². The van der Waals surface area contributed by atoms with Crippen LogP contribution in [0.15, 0.2) is 46.1 Å². The Morgan fingerprint density at radius 3 is 2.71 bits per heavy atom. The molecule has 0 unspecified atom stereocenters. The molecule has 1 aromatic heterocycles. The van der Waals surface area contributed by atoms with Crippen molar-refractivity contribution in [2.75, 3.05) is 5.75 Å². The normalized spacial score (nSPS) is 11.2. The smallest absolute Gasteiger partial charge is 0.345 e. The second-order valence-electron chi connectivity index (χ2n) is 4.03. The van der Waals surface area contributed by atoms with Crippen molar-refractivity contribution in [3.63, 3.8) is 0 Å². The van der Waals surface area contributed by atoms with Gasteiger partial charge < -0.3 is 18.5 Å². The van der Waals surface area contributed by atoms with Crippen LogP contribution >= 0.6 is 0 Å². The summed E-state index contributed by atoms with van der Waals surface area (Å²) in [6.45, 7) is 3.29. The average molecular weight is 309 g/mol. The number of benzene rings is 1. The lowest BCUT2D eigenvalue weighted by atomic mass is 10.2. The Hall–Kier alpha value is -2.61. The molecule has 0 N–H and O–H groups in total. The molecule has 0 atom stereocenters. The molecule has 110 valence electrons. The van der Waals surface area contributed by atoms with Crippen molar-refractivity contribution < 1.29 is 26.9 Å². The average Bonchev–Trinajstić information content (AvgIpc) is 2.36. The van der Waals surface area contributed by atoms with Gasteiger partial charge in [0, 0.05) is 11.5 Å². The Morgan fingerprint density at radius 2 is 2.10 bits per heavy atom. The molecule has 0 aliphatic heterocycles. The van der Waals surface area contributed by atoms with Gasteiger partial charge in [-0.2, -0.15) is 8.42 Å². The number of fused-ring (bicyclic) bond motifs is 1. The van der Waals surface area contributed by atoms with Crippen LogP contribution in [0.4, 0.5) is 0 Å². The Balaban J connectivity index is 2.48. The zero-order valence-electron chi connectivity index (χ0n) is 10.6. The monoisotopic (exact) mass is 309 g/mol. The molecule has 0 bridgehead atoms. The van der Waals surface area contributed by atoms with Crippen molar-refractivity contribution in [2.24, 2.45) is 0 Å². The zero-order chi connectivity index (χ0) is 15.6. The van der Waals surface area contributed by atoms with Crippen LogP contribution in [-0.4, -0.2) is 20.1 Å². The number of hydrogen-bond donors (Lipinski definition) is 0. The van der Waals surface area contributed by atoms with E-state index >= 15 is 0 Å². The van der Waals surface area contributed by atoms with Crippen LogP contribution in [0.3, 0.4) is 0 Å². The lowest BCUT2D eigenvalue weighted by Crippen LogP contribution is -2.28. The van der Waals surface area contributed by atoms with E-state index in [9.17, 15) is 23.1 Å². The lowest BCUT2D eigenvalue weighted by molar-refractivity contribution is -0.255. The summed E-state index contributed by atoms with van der Waals surface area (Å²) in [4.78, 5) is 22.1. The van der Waals surface area contributed by atoms with Crippen LogP contribution in [-0.2, 0) is 10.1 Å². The minimum absolute atomic E-state index is 0.00342. The van der Waals surface area contributed by atoms with Crippen LogP contribution in [0.1, 0.15) is 10.4 Å². The van der Waals surface area contributed by atoms with Gasteiger partial charge >= 0.3 is 15.7 Å². The highest BCUT2D eigenvalue weighted by Crippen LogP contribution is 2.21. The maximum atomic E-state index is 11.5. The molecule has 0 fully saturated rings. The van der Waals surface area contributed by atoms with Crippen LogP contribution in [0.5, 0.6) is 5.75 Å². The highest BCUT2D eigenvalue weighted by Gasteiger charge is 2.12. The summed E-state index contributed by atoms with van der Waals surface area (Å²) in [5, 5.41) is 11.0. The topological polar surface area (TPSA) is 114 Å². The van der Waals surface area contributed by atoms with Gasteiger partial charge in [-0.25, -0.2) is 4.79 Å². The Bertz CT molecular complexity index is 877. The van der Waals surface area contributed by atoms with Crippen molar-refractivity contribution in [3.05, 3.63) is 52.9 Å². The molecule has 1 heterocycles. The molecule has 2 aromatic rings. The second kappa shape index (κ2) is 5.41. The largest absolute Gasteiger partial charge is 0.545 e. The fourth-order valence-corrected chi connectivity index (χ4v) is 2.36. The minimum atomic E-state index is -3.83. The van der Waals surface area contributed by atoms with E-state index in [0.717, 1.165) is 6.07 Å². The molecule has 1 aromatic carbocycles. The number of carboxylic acids is 1. The molecule has 0 radical (unpaired) electrons. The Kier molecular flexibility index (Phi) is 3.81. The summed E-state index contributed by atoms with van der Waals surface area (Å²) >= 11 is 0. The second-order valence-corrected chi connectivity index (χ2v) is 5.65. The highest BCUT2D eigenvalue weighted by atomic mass is 32.2. The van der Waals surface area contributed by atoms with Gasteiger partial charge in [0.25, 0.3) is 0 Å². The first-order valence-corrected chi connectivity index (χ1v) is 7.22. The third-order valence-electron chi connectivity index (χ3n) is 2.47. The number of carbonyl (C=O) groups is 1. The van der Waals surface area contributed by atoms with Gasteiger partial charge in [0.05, 0.1) is 11.5 Å². The van der Waals surface area contributed by atoms with E-state index in [2.05, 4.69) is 6.58 Å². The van der Waals surface area contributed by atoms with E-state index in [1.54, 1.807) is 0 Å². The minimum Gasteiger partial charge on any atom is -0.545 e. The molecular weight excluding hydrogens is 300 g/mol. The van der Waals surface area contributed by atoms with Crippen LogP contribution in [0.25, 0.3) is 11.0 Å². The molecule has 21 heavy (non-hydrogen) atoms. The van der Waals surface area contributed by atoms with E-state index in [1.807, 2.05) is 0 Å². The van der Waals surface area contributed by atoms with Crippen molar-refractivity contribution >= 4 is 27.1 Å². The predicted molar refractivity (Wildman–Crippen MR) is 71.4 cm³/mol. The molecule has 8 heteroatoms. The van der Waals surface area contributed by atoms with E-state index in [0.29, 0.717) is 5.39 Å². The Labute approximate surface area is 119 Å². The molecule has 0 amide bonds. The summed E-state index contributed by atoms with van der Waals surface area (Å²) in [5.74, 6) is -2.09. The quantitative estimate of drug-likeness (QED) is 0.435. The van der Waals surface area contributed by atoms with Crippen LogP contribution < -0.4 is 14.9 Å². The third kappa shape index (κ3) is 3.29. The number of carbonyl (C=O) groups excluding carboxylic acids is 1. The van der Waals surface area contributed by atoms with Gasteiger partial charge in [0.15, 0.2) is 0 Å². The van der Waals surface area contributed by atoms with Gasteiger partial charge in [0.1, 0.15) is 17.1 Å². The number of carboxylic acid groups (broad SMARTS) is 1. The molecule has 2 rings (SSSR count). The SMILES string of the molecule is C=CCS(=O)(=O)Oc1ccc2cc(C(=O)[O-])c(=O)oc2c1. The zero-order valence-corrected chi connectivity index (χ0v) is 11.4. The van der Waals surface area contributed by atoms with Crippen molar-refractivity contribution in [1.29, 1.82) is 0 Å². The fourth-order valence-electron chi connectivity index (χ4n) is 1.61. The molecule has 0 spiro atoms. The van der Waals surface area contributed by atoms with Crippen molar-refractivity contribution in [3.8, 4) is 5.75 Å². The lowest BCUT2D eigenvalue weighted by Gasteiger charge is -2.06. The molecule has 0 aliphatic rings. The van der Waals surface area contributed by atoms with E-state index in [4.69, 9.17) is 8.60 Å². The van der Waals surface area contributed by atoms with Crippen molar-refractivity contribution in [1.82, 2.24) is 0 Å². The summed E-state index contributed by atoms with van der Waals surface area (Å²) in [6.07, 6.45) is 1.17. The Morgan fingerprint density at radius 1 is 1.38 bits per heavy atom. The standard InChI is InChI=1S/C13H10O7S/c1-2-5-21(17,18)20-9-4-3-8-6-10(12(14)15)13(16)19-11(8)7-9/h2-4,6-7H,1,5H2,(H,14,15)/p-1. The first kappa shape index (κ1) is 14.8. The van der Waals surface area contributed by atoms with Gasteiger partial charge in [-0.15, -0.1) is 6.58 Å². The van der Waals surface area contributed by atoms with E-state index in [-0.39, 0.29) is 17.1 Å². The van der Waals surface area contributed by atoms with Gasteiger partial charge in [0.2, 0.25) is 0 Å². The predicted octanol–water partition coefficient (Wildman–Crippen LogP) is 0.0511. The first-order chi connectivity index (χ1) is 9.82. The molecule has 0 aliphatic carbocycles. The van der Waals surface area contributed by atoms with Gasteiger partial charge in [-0.3, -0.25) is 0 Å². The fraction of sp³-hybridized carbons (Fsp3) is 0.0769. The summed E-state index contributed by atoms with van der Waals surface area (Å²) in [6, 6.07) is 4.93. The number of aromatic carboxylic acids is 1. The summed E-state index contributed by atoms with van der Waals surface area (Å²) in [5.41, 5.74) is -1.71. The molecule has 0 saturated heterocycles. The molecule has 0 saturated carbocycles. The van der Waals surface area contributed by atoms with Crippen molar-refractivity contribution in [2.45, 2.75) is 0 Å². The number of rotatable bonds is 5. The maximum Gasteiger partial charge on any atom is 0.345 e. The number of hydrogen-bond acceptors (Lipinski definition) is 7. The van der Waals surface area contributed by atoms with E-state index < -0.39 is 27.3 Å². The van der Waals surface area contributed by atoms with Gasteiger partial charge in [-0.05, 0) is 18.2 Å². The molecular formula is C13H9O7S-. The molecule has 7 nitrogen and oxygen atoms in total. The summed E-state index contributed by atoms with van der Waals surface area (Å²) in [7, 11) is -3.83. The maximum absolute atomic E-state index is 11.5. The third-order valence-corrected chi connectivity index (χ3v) is 3.56. The first-order valence-electron chi connectivity index (χ1n) is 5.65.